The van der Waals surface area contributed by atoms with E-state index in [1.54, 1.807) is 37.4 Å². The van der Waals surface area contributed by atoms with Crippen LogP contribution in [0, 0.1) is 0 Å². The van der Waals surface area contributed by atoms with E-state index in [-0.39, 0.29) is 18.1 Å². The van der Waals surface area contributed by atoms with Crippen molar-refractivity contribution in [1.82, 2.24) is 10.2 Å². The van der Waals surface area contributed by atoms with E-state index >= 15 is 0 Å². The molecule has 1 heterocycles. The van der Waals surface area contributed by atoms with Crippen LogP contribution in [-0.4, -0.2) is 70.8 Å². The summed E-state index contributed by atoms with van der Waals surface area (Å²) in [6.45, 7) is 4.75. The Balaban J connectivity index is 1.92. The molecule has 1 aliphatic rings. The van der Waals surface area contributed by atoms with Gasteiger partial charge >= 0.3 is 0 Å². The normalized spacial score (nSPS) is 13.4. The van der Waals surface area contributed by atoms with Gasteiger partial charge in [0.05, 0.1) is 19.1 Å². The summed E-state index contributed by atoms with van der Waals surface area (Å²) in [6, 6.07) is 11.2. The molecule has 10 nitrogen and oxygen atoms in total. The zero-order chi connectivity index (χ0) is 27.7. The smallest absolute Gasteiger partial charge is 0.244 e. The van der Waals surface area contributed by atoms with Crippen molar-refractivity contribution in [2.75, 3.05) is 44.0 Å². The average Bonchev–Trinajstić information content (AvgIpc) is 2.91. The second-order valence-corrected chi connectivity index (χ2v) is 10.9. The first-order valence-electron chi connectivity index (χ1n) is 12.7. The molecule has 0 fully saturated rings. The first-order chi connectivity index (χ1) is 18.2. The van der Waals surface area contributed by atoms with Crippen LogP contribution in [0.25, 0.3) is 0 Å². The Labute approximate surface area is 224 Å². The van der Waals surface area contributed by atoms with Crippen LogP contribution in [-0.2, 0) is 26.2 Å². The maximum Gasteiger partial charge on any atom is 0.244 e. The number of sulfonamides is 1. The highest BCUT2D eigenvalue weighted by molar-refractivity contribution is 7.92. The van der Waals surface area contributed by atoms with Gasteiger partial charge in [-0.1, -0.05) is 32.4 Å². The van der Waals surface area contributed by atoms with E-state index in [2.05, 4.69) is 5.32 Å². The average molecular weight is 548 g/mol. The number of hydrogen-bond donors (Lipinski definition) is 1. The number of fused-ring (bicyclic) bond motifs is 1. The first-order valence-corrected chi connectivity index (χ1v) is 14.6. The first kappa shape index (κ1) is 29.1. The lowest BCUT2D eigenvalue weighted by Crippen LogP contribution is -2.52. The van der Waals surface area contributed by atoms with Gasteiger partial charge in [0.2, 0.25) is 21.8 Å². The van der Waals surface area contributed by atoms with Crippen molar-refractivity contribution < 1.29 is 32.2 Å². The summed E-state index contributed by atoms with van der Waals surface area (Å²) in [7, 11) is -2.29. The van der Waals surface area contributed by atoms with Crippen molar-refractivity contribution in [3.05, 3.63) is 48.0 Å². The molecule has 0 saturated heterocycles. The number of nitrogens with zero attached hydrogens (tertiary/aromatic N) is 2. The van der Waals surface area contributed by atoms with Crippen LogP contribution in [0.15, 0.2) is 42.5 Å². The van der Waals surface area contributed by atoms with Crippen molar-refractivity contribution in [2.24, 2.45) is 0 Å². The Morgan fingerprint density at radius 3 is 2.34 bits per heavy atom. The standard InChI is InChI=1S/C27H37N3O7S/c1-5-7-14-28-27(32)23(6-2)29(18-20-8-11-22(35-3)12-9-20)26(31)19-30(38(4,33)34)21-10-13-24-25(17-21)37-16-15-36-24/h8-13,17,23H,5-7,14-16,18-19H2,1-4H3,(H,28,32)/t23-/m1/s1. The highest BCUT2D eigenvalue weighted by atomic mass is 32.2. The minimum Gasteiger partial charge on any atom is -0.497 e. The zero-order valence-electron chi connectivity index (χ0n) is 22.4. The van der Waals surface area contributed by atoms with Crippen LogP contribution in [0.4, 0.5) is 5.69 Å². The van der Waals surface area contributed by atoms with E-state index in [9.17, 15) is 18.0 Å². The van der Waals surface area contributed by atoms with Gasteiger partial charge in [0.25, 0.3) is 0 Å². The highest BCUT2D eigenvalue weighted by Crippen LogP contribution is 2.34. The minimum absolute atomic E-state index is 0.126. The molecule has 0 aromatic heterocycles. The van der Waals surface area contributed by atoms with Crippen LogP contribution in [0.1, 0.15) is 38.7 Å². The van der Waals surface area contributed by atoms with E-state index in [0.717, 1.165) is 29.0 Å². The van der Waals surface area contributed by atoms with Crippen molar-refractivity contribution in [3.8, 4) is 17.2 Å². The Kier molecular flexibility index (Phi) is 10.2. The summed E-state index contributed by atoms with van der Waals surface area (Å²) < 4.78 is 43.0. The quantitative estimate of drug-likeness (QED) is 0.384. The predicted molar refractivity (Wildman–Crippen MR) is 145 cm³/mol. The van der Waals surface area contributed by atoms with Gasteiger partial charge in [0.15, 0.2) is 11.5 Å². The number of rotatable bonds is 13. The third kappa shape index (κ3) is 7.53. The van der Waals surface area contributed by atoms with Gasteiger partial charge in [-0.05, 0) is 42.7 Å². The molecule has 0 unspecified atom stereocenters. The Bertz CT molecular complexity index is 1200. The van der Waals surface area contributed by atoms with E-state index in [0.29, 0.717) is 43.4 Å². The molecule has 11 heteroatoms. The minimum atomic E-state index is -3.85. The number of carbonyl (C=O) groups excluding carboxylic acids is 2. The Morgan fingerprint density at radius 1 is 1.05 bits per heavy atom. The van der Waals surface area contributed by atoms with Gasteiger partial charge in [0, 0.05) is 19.2 Å². The third-order valence-corrected chi connectivity index (χ3v) is 7.36. The molecule has 0 spiro atoms. The number of nitrogens with one attached hydrogen (secondary N) is 1. The zero-order valence-corrected chi connectivity index (χ0v) is 23.3. The molecule has 3 rings (SSSR count). The van der Waals surface area contributed by atoms with E-state index < -0.39 is 28.5 Å². The summed E-state index contributed by atoms with van der Waals surface area (Å²) in [4.78, 5) is 28.3. The number of anilines is 1. The van der Waals surface area contributed by atoms with E-state index in [1.165, 1.54) is 4.90 Å². The number of unbranched alkanes of at least 4 members (excludes halogenated alkanes) is 1. The van der Waals surface area contributed by atoms with Crippen LogP contribution in [0.3, 0.4) is 0 Å². The topological polar surface area (TPSA) is 114 Å². The fourth-order valence-electron chi connectivity index (χ4n) is 4.15. The summed E-state index contributed by atoms with van der Waals surface area (Å²) in [6.07, 6.45) is 3.15. The van der Waals surface area contributed by atoms with Gasteiger partial charge in [-0.25, -0.2) is 8.42 Å². The molecule has 0 aliphatic carbocycles. The summed E-state index contributed by atoms with van der Waals surface area (Å²) >= 11 is 0. The molecule has 1 atom stereocenters. The van der Waals surface area contributed by atoms with Crippen molar-refractivity contribution in [1.29, 1.82) is 0 Å². The molecule has 1 aliphatic heterocycles. The monoisotopic (exact) mass is 547 g/mol. The largest absolute Gasteiger partial charge is 0.497 e. The molecule has 208 valence electrons. The molecule has 38 heavy (non-hydrogen) atoms. The van der Waals surface area contributed by atoms with Gasteiger partial charge in [-0.3, -0.25) is 13.9 Å². The maximum atomic E-state index is 13.8. The number of methoxy groups -OCH3 is 1. The van der Waals surface area contributed by atoms with E-state index in [4.69, 9.17) is 14.2 Å². The van der Waals surface area contributed by atoms with Crippen molar-refractivity contribution in [3.63, 3.8) is 0 Å². The van der Waals surface area contributed by atoms with Gasteiger partial charge in [-0.15, -0.1) is 0 Å². The molecule has 2 aromatic carbocycles. The van der Waals surface area contributed by atoms with Crippen LogP contribution in [0.2, 0.25) is 0 Å². The lowest BCUT2D eigenvalue weighted by molar-refractivity contribution is -0.140. The summed E-state index contributed by atoms with van der Waals surface area (Å²) in [5.74, 6) is 0.812. The van der Waals surface area contributed by atoms with Gasteiger partial charge < -0.3 is 24.4 Å². The lowest BCUT2D eigenvalue weighted by Gasteiger charge is -2.33. The predicted octanol–water partition coefficient (Wildman–Crippen LogP) is 2.96. The van der Waals surface area contributed by atoms with Crippen LogP contribution >= 0.6 is 0 Å². The third-order valence-electron chi connectivity index (χ3n) is 6.22. The number of ether oxygens (including phenoxy) is 3. The number of benzene rings is 2. The Hall–Kier alpha value is -3.47. The van der Waals surface area contributed by atoms with Gasteiger partial charge in [-0.2, -0.15) is 0 Å². The molecular formula is C27H37N3O7S. The summed E-state index contributed by atoms with van der Waals surface area (Å²) in [5, 5.41) is 2.91. The second kappa shape index (κ2) is 13.4. The number of hydrogen-bond acceptors (Lipinski definition) is 7. The Morgan fingerprint density at radius 2 is 1.74 bits per heavy atom. The number of carbonyl (C=O) groups is 2. The van der Waals surface area contributed by atoms with Gasteiger partial charge in [0.1, 0.15) is 31.5 Å². The lowest BCUT2D eigenvalue weighted by atomic mass is 10.1. The molecule has 1 N–H and O–H groups in total. The molecular weight excluding hydrogens is 510 g/mol. The van der Waals surface area contributed by atoms with E-state index in [1.807, 2.05) is 26.0 Å². The SMILES string of the molecule is CCCCNC(=O)[C@@H](CC)N(Cc1ccc(OC)cc1)C(=O)CN(c1ccc2c(c1)OCCO2)S(C)(=O)=O. The molecule has 2 aromatic rings. The second-order valence-electron chi connectivity index (χ2n) is 9.04. The molecule has 0 saturated carbocycles. The molecule has 0 radical (unpaired) electrons. The number of amides is 2. The fraction of sp³-hybridized carbons (Fsp3) is 0.481. The molecule has 2 amide bonds. The maximum absolute atomic E-state index is 13.8. The summed E-state index contributed by atoms with van der Waals surface area (Å²) in [5.41, 5.74) is 1.05. The van der Waals surface area contributed by atoms with Crippen molar-refractivity contribution in [2.45, 2.75) is 45.7 Å². The van der Waals surface area contributed by atoms with Crippen LogP contribution in [0.5, 0.6) is 17.2 Å². The highest BCUT2D eigenvalue weighted by Gasteiger charge is 2.32. The van der Waals surface area contributed by atoms with Crippen LogP contribution < -0.4 is 23.8 Å². The molecule has 0 bridgehead atoms. The van der Waals surface area contributed by atoms with Crippen molar-refractivity contribution >= 4 is 27.5 Å². The fourth-order valence-corrected chi connectivity index (χ4v) is 5.00.